The number of carbonyl (C=O) groups excluding carboxylic acids is 1. The maximum absolute atomic E-state index is 13.4. The van der Waals surface area contributed by atoms with Gasteiger partial charge in [-0.25, -0.2) is 0 Å². The quantitative estimate of drug-likeness (QED) is 0.679. The van der Waals surface area contributed by atoms with Crippen LogP contribution in [0.1, 0.15) is 72.1 Å². The van der Waals surface area contributed by atoms with Crippen LogP contribution >= 0.6 is 0 Å². The molecule has 0 saturated heterocycles. The van der Waals surface area contributed by atoms with Crippen molar-refractivity contribution >= 4 is 5.78 Å². The Hall–Kier alpha value is -0.450. The van der Waals surface area contributed by atoms with Crippen LogP contribution in [0.25, 0.3) is 0 Å². The first kappa shape index (κ1) is 17.9. The predicted octanol–water partition coefficient (Wildman–Crippen LogP) is 2.68. The van der Waals surface area contributed by atoms with Gasteiger partial charge < -0.3 is 15.3 Å². The predicted molar refractivity (Wildman–Crippen MR) is 94.8 cm³/mol. The van der Waals surface area contributed by atoms with Gasteiger partial charge in [0.15, 0.2) is 0 Å². The third kappa shape index (κ3) is 2.20. The maximum Gasteiger partial charge on any atom is 0.137 e. The average molecular weight is 350 g/mol. The number of hydrogen-bond donors (Lipinski definition) is 3. The van der Waals surface area contributed by atoms with Crippen LogP contribution in [0, 0.1) is 34.5 Å². The molecule has 9 atom stereocenters. The van der Waals surface area contributed by atoms with Gasteiger partial charge in [0.25, 0.3) is 0 Å². The van der Waals surface area contributed by atoms with Crippen molar-refractivity contribution in [3.63, 3.8) is 0 Å². The Balaban J connectivity index is 1.70. The Morgan fingerprint density at radius 2 is 1.84 bits per heavy atom. The summed E-state index contributed by atoms with van der Waals surface area (Å²) < 4.78 is 0. The lowest BCUT2D eigenvalue weighted by atomic mass is 9.44. The van der Waals surface area contributed by atoms with Crippen LogP contribution in [0.3, 0.4) is 0 Å². The Morgan fingerprint density at radius 1 is 1.12 bits per heavy atom. The lowest BCUT2D eigenvalue weighted by molar-refractivity contribution is -0.190. The SMILES string of the molecule is C[C@H](O)[C@@]1(O)CC[C@@H]2[C@@H]3CC[C@@H]4C[C@H](O)CC[C@]4(C)[C@@H]3C(=O)C[C@]21C. The van der Waals surface area contributed by atoms with E-state index in [1.165, 1.54) is 0 Å². The van der Waals surface area contributed by atoms with E-state index in [1.807, 2.05) is 6.92 Å². The van der Waals surface area contributed by atoms with E-state index in [9.17, 15) is 20.1 Å². The van der Waals surface area contributed by atoms with Crippen molar-refractivity contribution in [3.05, 3.63) is 0 Å². The van der Waals surface area contributed by atoms with Crippen molar-refractivity contribution in [2.45, 2.75) is 89.9 Å². The number of Topliss-reactive ketones (excluding diaryl/α,β-unsaturated/α-hetero) is 1. The minimum absolute atomic E-state index is 0.00605. The van der Waals surface area contributed by atoms with Crippen molar-refractivity contribution in [1.29, 1.82) is 0 Å². The highest BCUT2D eigenvalue weighted by Crippen LogP contribution is 2.67. The topological polar surface area (TPSA) is 77.8 Å². The van der Waals surface area contributed by atoms with Gasteiger partial charge in [0, 0.05) is 17.8 Å². The fourth-order valence-electron chi connectivity index (χ4n) is 7.77. The van der Waals surface area contributed by atoms with Gasteiger partial charge in [0.1, 0.15) is 5.78 Å². The van der Waals surface area contributed by atoms with E-state index in [2.05, 4.69) is 6.92 Å². The molecule has 4 heteroatoms. The van der Waals surface area contributed by atoms with Gasteiger partial charge in [-0.2, -0.15) is 0 Å². The van der Waals surface area contributed by atoms with Gasteiger partial charge in [-0.1, -0.05) is 13.8 Å². The molecular weight excluding hydrogens is 316 g/mol. The minimum atomic E-state index is -1.14. The van der Waals surface area contributed by atoms with Gasteiger partial charge >= 0.3 is 0 Å². The molecule has 0 unspecified atom stereocenters. The summed E-state index contributed by atoms with van der Waals surface area (Å²) in [5, 5.41) is 31.6. The summed E-state index contributed by atoms with van der Waals surface area (Å²) in [7, 11) is 0. The molecule has 4 rings (SSSR count). The Bertz CT molecular complexity index is 574. The summed E-state index contributed by atoms with van der Waals surface area (Å²) in [6.07, 6.45) is 5.60. The number of carbonyl (C=O) groups is 1. The summed E-state index contributed by atoms with van der Waals surface area (Å²) in [4.78, 5) is 13.4. The second-order valence-electron chi connectivity index (χ2n) is 10.2. The van der Waals surface area contributed by atoms with Crippen molar-refractivity contribution < 1.29 is 20.1 Å². The minimum Gasteiger partial charge on any atom is -0.393 e. The van der Waals surface area contributed by atoms with E-state index < -0.39 is 17.1 Å². The molecule has 0 aliphatic heterocycles. The van der Waals surface area contributed by atoms with Crippen molar-refractivity contribution in [1.82, 2.24) is 0 Å². The van der Waals surface area contributed by atoms with Crippen LogP contribution in [-0.4, -0.2) is 38.9 Å². The van der Waals surface area contributed by atoms with Crippen molar-refractivity contribution in [2.75, 3.05) is 0 Å². The zero-order valence-electron chi connectivity index (χ0n) is 15.9. The normalized spacial score (nSPS) is 56.7. The molecule has 142 valence electrons. The van der Waals surface area contributed by atoms with Gasteiger partial charge in [-0.05, 0) is 75.0 Å². The van der Waals surface area contributed by atoms with Crippen LogP contribution in [0.5, 0.6) is 0 Å². The number of ketones is 1. The van der Waals surface area contributed by atoms with E-state index in [4.69, 9.17) is 0 Å². The molecule has 4 aliphatic rings. The third-order valence-electron chi connectivity index (χ3n) is 9.23. The molecule has 3 N–H and O–H groups in total. The molecule has 4 nitrogen and oxygen atoms in total. The summed E-state index contributed by atoms with van der Waals surface area (Å²) >= 11 is 0. The summed E-state index contributed by atoms with van der Waals surface area (Å²) in [5.41, 5.74) is -1.64. The first-order chi connectivity index (χ1) is 11.6. The summed E-state index contributed by atoms with van der Waals surface area (Å²) in [6.45, 7) is 6.01. The number of fused-ring (bicyclic) bond motifs is 5. The van der Waals surface area contributed by atoms with E-state index in [1.54, 1.807) is 6.92 Å². The van der Waals surface area contributed by atoms with E-state index in [-0.39, 0.29) is 17.4 Å². The fraction of sp³-hybridized carbons (Fsp3) is 0.952. The molecule has 4 saturated carbocycles. The molecule has 0 radical (unpaired) electrons. The number of aliphatic hydroxyl groups is 3. The van der Waals surface area contributed by atoms with E-state index in [0.717, 1.165) is 38.5 Å². The van der Waals surface area contributed by atoms with Gasteiger partial charge in [-0.15, -0.1) is 0 Å². The van der Waals surface area contributed by atoms with E-state index >= 15 is 0 Å². The van der Waals surface area contributed by atoms with Crippen LogP contribution in [0.4, 0.5) is 0 Å². The van der Waals surface area contributed by atoms with Crippen LogP contribution < -0.4 is 0 Å². The second-order valence-corrected chi connectivity index (χ2v) is 10.2. The van der Waals surface area contributed by atoms with Crippen molar-refractivity contribution in [3.8, 4) is 0 Å². The molecule has 0 aromatic rings. The van der Waals surface area contributed by atoms with Crippen molar-refractivity contribution in [2.24, 2.45) is 34.5 Å². The molecule has 25 heavy (non-hydrogen) atoms. The molecule has 0 aromatic heterocycles. The monoisotopic (exact) mass is 350 g/mol. The molecule has 0 spiro atoms. The first-order valence-electron chi connectivity index (χ1n) is 10.2. The number of aliphatic hydroxyl groups excluding tert-OH is 2. The lowest BCUT2D eigenvalue weighted by Crippen LogP contribution is -2.62. The molecule has 0 heterocycles. The lowest BCUT2D eigenvalue weighted by Gasteiger charge is -2.60. The Morgan fingerprint density at radius 3 is 2.52 bits per heavy atom. The zero-order chi connectivity index (χ0) is 18.2. The van der Waals surface area contributed by atoms with Crippen LogP contribution in [-0.2, 0) is 4.79 Å². The highest BCUT2D eigenvalue weighted by molar-refractivity contribution is 5.84. The molecule has 0 aromatic carbocycles. The highest BCUT2D eigenvalue weighted by atomic mass is 16.3. The Kier molecular flexibility index (Phi) is 3.97. The first-order valence-corrected chi connectivity index (χ1v) is 10.2. The van der Waals surface area contributed by atoms with Gasteiger partial charge in [-0.3, -0.25) is 4.79 Å². The van der Waals surface area contributed by atoms with Gasteiger partial charge in [0.05, 0.1) is 17.8 Å². The smallest absolute Gasteiger partial charge is 0.137 e. The second kappa shape index (κ2) is 5.53. The van der Waals surface area contributed by atoms with E-state index in [0.29, 0.717) is 36.4 Å². The largest absolute Gasteiger partial charge is 0.393 e. The van der Waals surface area contributed by atoms with Crippen LogP contribution in [0.2, 0.25) is 0 Å². The molecule has 4 fully saturated rings. The average Bonchev–Trinajstić information content (AvgIpc) is 2.80. The van der Waals surface area contributed by atoms with Crippen LogP contribution in [0.15, 0.2) is 0 Å². The fourth-order valence-corrected chi connectivity index (χ4v) is 7.77. The summed E-state index contributed by atoms with van der Waals surface area (Å²) in [5.74, 6) is 1.47. The third-order valence-corrected chi connectivity index (χ3v) is 9.23. The Labute approximate surface area is 151 Å². The number of rotatable bonds is 1. The molecule has 0 amide bonds. The molecule has 4 aliphatic carbocycles. The maximum atomic E-state index is 13.4. The molecular formula is C21H34O4. The highest BCUT2D eigenvalue weighted by Gasteiger charge is 2.68. The molecule has 0 bridgehead atoms. The number of hydrogen-bond acceptors (Lipinski definition) is 4. The zero-order valence-corrected chi connectivity index (χ0v) is 15.9. The van der Waals surface area contributed by atoms with Gasteiger partial charge in [0.2, 0.25) is 0 Å². The standard InChI is InChI=1S/C21H34O4/c1-12(22)21(25)9-7-16-15-5-4-13-10-14(23)6-8-19(13,2)18(15)17(24)11-20(16,21)3/h12-16,18,22-23,25H,4-11H2,1-3H3/t12-,13+,14+,15-,16+,18-,19-,20+,21-/m0/s1. The summed E-state index contributed by atoms with van der Waals surface area (Å²) in [6, 6.07) is 0.